The van der Waals surface area contributed by atoms with Crippen molar-refractivity contribution in [1.29, 1.82) is 0 Å². The number of benzene rings is 1. The molecule has 3 rings (SSSR count). The molecule has 1 aromatic heterocycles. The molecule has 0 aliphatic heterocycles. The lowest BCUT2D eigenvalue weighted by Crippen LogP contribution is -2.42. The zero-order valence-electron chi connectivity index (χ0n) is 11.7. The molecule has 0 radical (unpaired) electrons. The van der Waals surface area contributed by atoms with E-state index in [1.807, 2.05) is 36.2 Å². The number of nitrogens with one attached hydrogen (secondary N) is 1. The Labute approximate surface area is 118 Å². The van der Waals surface area contributed by atoms with E-state index in [0.717, 1.165) is 36.6 Å². The van der Waals surface area contributed by atoms with Gasteiger partial charge in [-0.25, -0.2) is 0 Å². The molecule has 0 atom stereocenters. The minimum absolute atomic E-state index is 0.0112. The second kappa shape index (κ2) is 5.25. The SMILES string of the molecule is CN(C(=O)c1n[nH]c2ccccc12)C1CCC(N)CC1. The van der Waals surface area contributed by atoms with Crippen LogP contribution >= 0.6 is 0 Å². The molecule has 1 aromatic carbocycles. The maximum Gasteiger partial charge on any atom is 0.274 e. The Bertz CT molecular complexity index is 613. The number of para-hydroxylation sites is 1. The van der Waals surface area contributed by atoms with Gasteiger partial charge in [0, 0.05) is 24.5 Å². The Balaban J connectivity index is 1.81. The molecule has 20 heavy (non-hydrogen) atoms. The van der Waals surface area contributed by atoms with Gasteiger partial charge < -0.3 is 10.6 Å². The normalized spacial score (nSPS) is 22.9. The Morgan fingerprint density at radius 1 is 1.30 bits per heavy atom. The molecule has 0 bridgehead atoms. The average molecular weight is 272 g/mol. The fourth-order valence-corrected chi connectivity index (χ4v) is 2.95. The summed E-state index contributed by atoms with van der Waals surface area (Å²) in [7, 11) is 1.87. The summed E-state index contributed by atoms with van der Waals surface area (Å²) in [5.74, 6) is -0.0112. The van der Waals surface area contributed by atoms with Crippen LogP contribution in [0.15, 0.2) is 24.3 Å². The third-order valence-corrected chi connectivity index (χ3v) is 4.28. The van der Waals surface area contributed by atoms with E-state index in [4.69, 9.17) is 5.73 Å². The zero-order valence-corrected chi connectivity index (χ0v) is 11.7. The highest BCUT2D eigenvalue weighted by molar-refractivity contribution is 6.04. The molecule has 1 aliphatic carbocycles. The lowest BCUT2D eigenvalue weighted by molar-refractivity contribution is 0.0686. The summed E-state index contributed by atoms with van der Waals surface area (Å²) in [5, 5.41) is 7.99. The third-order valence-electron chi connectivity index (χ3n) is 4.28. The molecule has 0 saturated heterocycles. The molecule has 2 aromatic rings. The van der Waals surface area contributed by atoms with Crippen LogP contribution in [0.5, 0.6) is 0 Å². The van der Waals surface area contributed by atoms with Crippen molar-refractivity contribution in [3.05, 3.63) is 30.0 Å². The highest BCUT2D eigenvalue weighted by atomic mass is 16.2. The van der Waals surface area contributed by atoms with Gasteiger partial charge in [-0.2, -0.15) is 5.10 Å². The summed E-state index contributed by atoms with van der Waals surface area (Å²) in [6.07, 6.45) is 3.94. The van der Waals surface area contributed by atoms with Gasteiger partial charge in [-0.15, -0.1) is 0 Å². The van der Waals surface area contributed by atoms with E-state index in [0.29, 0.717) is 11.7 Å². The molecule has 0 unspecified atom stereocenters. The molecule has 1 heterocycles. The quantitative estimate of drug-likeness (QED) is 0.876. The Hall–Kier alpha value is -1.88. The van der Waals surface area contributed by atoms with Crippen LogP contribution in [-0.2, 0) is 0 Å². The van der Waals surface area contributed by atoms with Gasteiger partial charge in [0.05, 0.1) is 5.52 Å². The number of amides is 1. The van der Waals surface area contributed by atoms with Gasteiger partial charge in [-0.1, -0.05) is 18.2 Å². The number of H-pyrrole nitrogens is 1. The summed E-state index contributed by atoms with van der Waals surface area (Å²) in [4.78, 5) is 14.4. The van der Waals surface area contributed by atoms with Gasteiger partial charge in [0.1, 0.15) is 0 Å². The average Bonchev–Trinajstić information content (AvgIpc) is 2.90. The number of hydrogen-bond donors (Lipinski definition) is 2. The number of aromatic nitrogens is 2. The van der Waals surface area contributed by atoms with Gasteiger partial charge >= 0.3 is 0 Å². The minimum Gasteiger partial charge on any atom is -0.337 e. The molecule has 1 amide bonds. The predicted molar refractivity (Wildman–Crippen MR) is 78.4 cm³/mol. The minimum atomic E-state index is -0.0112. The largest absolute Gasteiger partial charge is 0.337 e. The van der Waals surface area contributed by atoms with Gasteiger partial charge in [-0.3, -0.25) is 9.89 Å². The molecule has 1 fully saturated rings. The molecular formula is C15H20N4O. The number of nitrogens with two attached hydrogens (primary N) is 1. The summed E-state index contributed by atoms with van der Waals surface area (Å²) in [5.41, 5.74) is 7.33. The fraction of sp³-hybridized carbons (Fsp3) is 0.467. The number of rotatable bonds is 2. The number of fused-ring (bicyclic) bond motifs is 1. The number of carbonyl (C=O) groups is 1. The smallest absolute Gasteiger partial charge is 0.274 e. The van der Waals surface area contributed by atoms with E-state index in [1.165, 1.54) is 0 Å². The summed E-state index contributed by atoms with van der Waals surface area (Å²) in [6.45, 7) is 0. The molecule has 5 nitrogen and oxygen atoms in total. The van der Waals surface area contributed by atoms with E-state index in [1.54, 1.807) is 0 Å². The molecule has 3 N–H and O–H groups in total. The van der Waals surface area contributed by atoms with Crippen molar-refractivity contribution in [2.45, 2.75) is 37.8 Å². The fourth-order valence-electron chi connectivity index (χ4n) is 2.95. The van der Waals surface area contributed by atoms with Crippen molar-refractivity contribution in [2.75, 3.05) is 7.05 Å². The van der Waals surface area contributed by atoms with E-state index >= 15 is 0 Å². The first-order valence-electron chi connectivity index (χ1n) is 7.12. The van der Waals surface area contributed by atoms with Crippen LogP contribution in [0.4, 0.5) is 0 Å². The number of carbonyl (C=O) groups excluding carboxylic acids is 1. The van der Waals surface area contributed by atoms with Crippen molar-refractivity contribution in [3.8, 4) is 0 Å². The first kappa shape index (κ1) is 13.1. The van der Waals surface area contributed by atoms with Gasteiger partial charge in [0.2, 0.25) is 0 Å². The number of nitrogens with zero attached hydrogens (tertiary/aromatic N) is 2. The second-order valence-corrected chi connectivity index (χ2v) is 5.60. The summed E-state index contributed by atoms with van der Waals surface area (Å²) < 4.78 is 0. The monoisotopic (exact) mass is 272 g/mol. The standard InChI is InChI=1S/C15H20N4O/c1-19(11-8-6-10(16)7-9-11)15(20)14-12-4-2-3-5-13(12)17-18-14/h2-5,10-11H,6-9,16H2,1H3,(H,17,18). The van der Waals surface area contributed by atoms with E-state index in [-0.39, 0.29) is 11.9 Å². The maximum atomic E-state index is 12.6. The van der Waals surface area contributed by atoms with Crippen molar-refractivity contribution in [1.82, 2.24) is 15.1 Å². The summed E-state index contributed by atoms with van der Waals surface area (Å²) >= 11 is 0. The van der Waals surface area contributed by atoms with Gasteiger partial charge in [0.25, 0.3) is 5.91 Å². The molecule has 0 spiro atoms. The topological polar surface area (TPSA) is 75.0 Å². The molecule has 1 aliphatic rings. The van der Waals surface area contributed by atoms with Crippen molar-refractivity contribution < 1.29 is 4.79 Å². The molecule has 106 valence electrons. The van der Waals surface area contributed by atoms with Crippen molar-refractivity contribution >= 4 is 16.8 Å². The van der Waals surface area contributed by atoms with E-state index in [9.17, 15) is 4.79 Å². The molecule has 5 heteroatoms. The van der Waals surface area contributed by atoms with Gasteiger partial charge in [0.15, 0.2) is 5.69 Å². The lowest BCUT2D eigenvalue weighted by Gasteiger charge is -2.33. The Kier molecular flexibility index (Phi) is 3.44. The maximum absolute atomic E-state index is 12.6. The van der Waals surface area contributed by atoms with Crippen LogP contribution in [0.2, 0.25) is 0 Å². The third kappa shape index (κ3) is 2.29. The van der Waals surface area contributed by atoms with Crippen LogP contribution in [0.25, 0.3) is 10.9 Å². The highest BCUT2D eigenvalue weighted by Gasteiger charge is 2.27. The van der Waals surface area contributed by atoms with E-state index in [2.05, 4.69) is 10.2 Å². The predicted octanol–water partition coefficient (Wildman–Crippen LogP) is 1.90. The lowest BCUT2D eigenvalue weighted by atomic mass is 9.91. The van der Waals surface area contributed by atoms with Crippen molar-refractivity contribution in [2.24, 2.45) is 5.73 Å². The second-order valence-electron chi connectivity index (χ2n) is 5.60. The number of aromatic amines is 1. The van der Waals surface area contributed by atoms with Gasteiger partial charge in [-0.05, 0) is 31.7 Å². The van der Waals surface area contributed by atoms with Crippen molar-refractivity contribution in [3.63, 3.8) is 0 Å². The van der Waals surface area contributed by atoms with Crippen LogP contribution in [0, 0.1) is 0 Å². The first-order chi connectivity index (χ1) is 9.66. The Morgan fingerprint density at radius 3 is 2.75 bits per heavy atom. The zero-order chi connectivity index (χ0) is 14.1. The van der Waals surface area contributed by atoms with Crippen LogP contribution in [-0.4, -0.2) is 40.1 Å². The first-order valence-corrected chi connectivity index (χ1v) is 7.12. The van der Waals surface area contributed by atoms with Crippen LogP contribution in [0.3, 0.4) is 0 Å². The molecular weight excluding hydrogens is 252 g/mol. The Morgan fingerprint density at radius 2 is 2.00 bits per heavy atom. The highest BCUT2D eigenvalue weighted by Crippen LogP contribution is 2.24. The van der Waals surface area contributed by atoms with E-state index < -0.39 is 0 Å². The number of hydrogen-bond acceptors (Lipinski definition) is 3. The summed E-state index contributed by atoms with van der Waals surface area (Å²) in [6, 6.07) is 8.28. The van der Waals surface area contributed by atoms with Crippen LogP contribution < -0.4 is 5.73 Å². The molecule has 1 saturated carbocycles. The van der Waals surface area contributed by atoms with Crippen LogP contribution in [0.1, 0.15) is 36.2 Å².